The molecule has 0 aromatic heterocycles. The first-order chi connectivity index (χ1) is 24.6. The molecule has 4 nitrogen and oxygen atoms in total. The van der Waals surface area contributed by atoms with Crippen LogP contribution in [0.3, 0.4) is 0 Å². The molecule has 0 radical (unpaired) electrons. The zero-order valence-corrected chi connectivity index (χ0v) is 33.9. The third-order valence-electron chi connectivity index (χ3n) is 13.9. The predicted molar refractivity (Wildman–Crippen MR) is 213 cm³/mol. The quantitative estimate of drug-likeness (QED) is 0.159. The number of aryl methyl sites for hydroxylation is 2. The van der Waals surface area contributed by atoms with Crippen molar-refractivity contribution in [3.63, 3.8) is 0 Å². The second-order valence-corrected chi connectivity index (χ2v) is 20.1. The van der Waals surface area contributed by atoms with Crippen LogP contribution in [0.15, 0.2) is 85.2 Å². The fourth-order valence-electron chi connectivity index (χ4n) is 12.6. The molecule has 0 atom stereocenters. The number of hydrogen-bond donors (Lipinski definition) is 1. The summed E-state index contributed by atoms with van der Waals surface area (Å²) < 4.78 is 0. The molecule has 1 N–H and O–H groups in total. The van der Waals surface area contributed by atoms with Crippen LogP contribution in [-0.4, -0.2) is 32.0 Å². The van der Waals surface area contributed by atoms with Gasteiger partial charge in [-0.2, -0.15) is 25.2 Å². The van der Waals surface area contributed by atoms with Crippen molar-refractivity contribution >= 4 is 29.8 Å². The first-order valence-corrected chi connectivity index (χ1v) is 21.3. The van der Waals surface area contributed by atoms with Gasteiger partial charge in [-0.05, 0) is 162 Å². The van der Waals surface area contributed by atoms with E-state index in [9.17, 15) is 0 Å². The summed E-state index contributed by atoms with van der Waals surface area (Å²) in [7, 11) is -1.03. The second kappa shape index (κ2) is 15.3. The van der Waals surface area contributed by atoms with E-state index in [1.165, 1.54) is 65.6 Å². The summed E-state index contributed by atoms with van der Waals surface area (Å²) in [5.41, 5.74) is 4.87. The molecular formula is C46H58N2O2PPd+. The third kappa shape index (κ3) is 7.42. The molecule has 1 heterocycles. The monoisotopic (exact) mass is 807 g/mol. The van der Waals surface area contributed by atoms with E-state index in [2.05, 4.69) is 122 Å². The van der Waals surface area contributed by atoms with Gasteiger partial charge in [0, 0.05) is 23.3 Å². The van der Waals surface area contributed by atoms with Crippen LogP contribution >= 0.6 is 7.92 Å². The molecule has 0 amide bonds. The van der Waals surface area contributed by atoms with E-state index in [1.54, 1.807) is 38.5 Å². The number of carboxylic acids is 1. The van der Waals surface area contributed by atoms with Crippen molar-refractivity contribution in [2.24, 2.45) is 35.5 Å². The Hall–Kier alpha value is -2.57. The molecule has 278 valence electrons. The minimum Gasteiger partial charge on any atom is -0.503 e. The van der Waals surface area contributed by atoms with E-state index in [4.69, 9.17) is 9.90 Å². The van der Waals surface area contributed by atoms with Gasteiger partial charge in [-0.25, -0.2) is 0 Å². The Labute approximate surface area is 328 Å². The van der Waals surface area contributed by atoms with Crippen molar-refractivity contribution in [3.8, 4) is 0 Å². The maximum absolute atomic E-state index is 9.00. The molecule has 6 heteroatoms. The van der Waals surface area contributed by atoms with Gasteiger partial charge in [-0.3, -0.25) is 4.79 Å². The second-order valence-electron chi connectivity index (χ2n) is 17.7. The zero-order chi connectivity index (χ0) is 35.3. The molecule has 0 unspecified atom stereocenters. The van der Waals surface area contributed by atoms with Crippen LogP contribution in [0.4, 0.5) is 0 Å². The molecular weight excluding hydrogens is 750 g/mol. The van der Waals surface area contributed by atoms with Crippen molar-refractivity contribution in [2.75, 3.05) is 0 Å². The van der Waals surface area contributed by atoms with Crippen LogP contribution in [0, 0.1) is 62.9 Å². The molecule has 8 bridgehead atoms. The van der Waals surface area contributed by atoms with Crippen LogP contribution in [0.5, 0.6) is 0 Å². The van der Waals surface area contributed by atoms with Gasteiger partial charge < -0.3 is 14.9 Å². The number of hydrogen-bond acceptors (Lipinski definition) is 3. The molecule has 9 aliphatic rings. The fraction of sp³-hybridized carbons (Fsp3) is 0.500. The summed E-state index contributed by atoms with van der Waals surface area (Å²) in [5.74, 6) is 5.43. The molecule has 8 aliphatic carbocycles. The number of nitrogens with zero attached hydrogens (tertiary/aromatic N) is 2. The van der Waals surface area contributed by atoms with Crippen LogP contribution in [0.2, 0.25) is 0 Å². The van der Waals surface area contributed by atoms with Gasteiger partial charge in [0.2, 0.25) is 0 Å². The third-order valence-corrected chi connectivity index (χ3v) is 17.1. The number of carboxylic acid groups (broad SMARTS) is 1. The van der Waals surface area contributed by atoms with E-state index in [1.807, 2.05) is 0 Å². The Kier molecular flexibility index (Phi) is 11.1. The van der Waals surface area contributed by atoms with Crippen LogP contribution < -0.4 is 15.9 Å². The minimum atomic E-state index is -1.03. The average Bonchev–Trinajstić information content (AvgIpc) is 3.59. The first-order valence-electron chi connectivity index (χ1n) is 19.8. The molecule has 0 saturated heterocycles. The Bertz CT molecular complexity index is 1540. The van der Waals surface area contributed by atoms with E-state index in [-0.39, 0.29) is 20.4 Å². The maximum Gasteiger partial charge on any atom is 2.00 e. The van der Waals surface area contributed by atoms with Crippen LogP contribution in [0.1, 0.15) is 101 Å². The van der Waals surface area contributed by atoms with Gasteiger partial charge in [0.05, 0.1) is 18.5 Å². The summed E-state index contributed by atoms with van der Waals surface area (Å²) in [4.78, 5) is 14.5. The molecule has 0 spiro atoms. The minimum absolute atomic E-state index is 0. The summed E-state index contributed by atoms with van der Waals surface area (Å²) in [6, 6.07) is 26.1. The van der Waals surface area contributed by atoms with Gasteiger partial charge in [0.15, 0.2) is 0 Å². The van der Waals surface area contributed by atoms with Gasteiger partial charge in [0.1, 0.15) is 0 Å². The molecule has 1 aliphatic heterocycles. The summed E-state index contributed by atoms with van der Waals surface area (Å²) in [6.45, 7) is 12.4. The number of aliphatic carboxylic acids is 1. The first kappa shape index (κ1) is 37.7. The molecule has 3 aromatic carbocycles. The Morgan fingerprint density at radius 1 is 0.635 bits per heavy atom. The van der Waals surface area contributed by atoms with Crippen molar-refractivity contribution in [2.45, 2.75) is 109 Å². The summed E-state index contributed by atoms with van der Waals surface area (Å²) in [6.07, 6.45) is 23.2. The largest absolute Gasteiger partial charge is 2.00 e. The molecule has 3 aromatic rings. The van der Waals surface area contributed by atoms with Gasteiger partial charge >= 0.3 is 20.4 Å². The molecule has 8 saturated carbocycles. The van der Waals surface area contributed by atoms with Crippen molar-refractivity contribution in [3.05, 3.63) is 115 Å². The van der Waals surface area contributed by atoms with Crippen LogP contribution in [-0.2, 0) is 25.2 Å². The normalized spacial score (nSPS) is 32.9. The Balaban J connectivity index is 0.000000146. The Morgan fingerprint density at radius 3 is 1.27 bits per heavy atom. The molecule has 52 heavy (non-hydrogen) atoms. The zero-order valence-electron chi connectivity index (χ0n) is 31.4. The van der Waals surface area contributed by atoms with Gasteiger partial charge in [0.25, 0.3) is 5.97 Å². The van der Waals surface area contributed by atoms with Crippen molar-refractivity contribution in [1.82, 2.24) is 9.80 Å². The maximum atomic E-state index is 9.00. The predicted octanol–water partition coefficient (Wildman–Crippen LogP) is 9.20. The van der Waals surface area contributed by atoms with Crippen LogP contribution in [0.25, 0.3) is 0 Å². The van der Waals surface area contributed by atoms with E-state index < -0.39 is 13.9 Å². The van der Waals surface area contributed by atoms with Gasteiger partial charge in [-0.15, -0.1) is 6.07 Å². The smallest absolute Gasteiger partial charge is 0.503 e. The average molecular weight is 808 g/mol. The number of carbonyl (C=O) groups is 1. The van der Waals surface area contributed by atoms with Gasteiger partial charge in [-0.1, -0.05) is 48.5 Å². The topological polar surface area (TPSA) is 43.8 Å². The summed E-state index contributed by atoms with van der Waals surface area (Å²) >= 11 is 0. The van der Waals surface area contributed by atoms with Crippen molar-refractivity contribution < 1.29 is 30.3 Å². The molecule has 12 rings (SSSR count). The van der Waals surface area contributed by atoms with Crippen molar-refractivity contribution in [1.29, 1.82) is 0 Å². The SMILES string of the molecule is C1=CN(C23CC4CC(CC(C4)C2)C3)[CH-]N1C12CC3CC(CC(C3)C1)C2.CC(=O)O.[CH2-]c1ccccc1[PH+](c1ccccc1C)c1ccccc1C.[Pd+2]. The summed E-state index contributed by atoms with van der Waals surface area (Å²) in [5, 5.41) is 11.7. The number of benzene rings is 3. The van der Waals surface area contributed by atoms with E-state index in [0.29, 0.717) is 11.1 Å². The fourth-order valence-corrected chi connectivity index (χ4v) is 15.6. The number of rotatable bonds is 5. The van der Waals surface area contributed by atoms with E-state index in [0.717, 1.165) is 48.0 Å². The Morgan fingerprint density at radius 2 is 0.942 bits per heavy atom. The molecule has 8 fully saturated rings. The standard InChI is InChI=1S/C23H33N2.C21H20P.C2H4O2.Pd/c1-2-25(23-12-19-6-20(13-23)8-21(7-19)14-23)15-24(1)22-9-16-3-17(10-22)5-18(4-16)11-22;1-16-10-4-7-13-19(16)22(20-14-8-5-11-17(20)2)21-15-9-6-12-18(21)3;1-2(3)4;/h1-2,15-21H,3-14H2;4-15H,1H2,2-3H3;1H3,(H,3,4);/q2*-1;;+2/p+1. The van der Waals surface area contributed by atoms with E-state index >= 15 is 0 Å².